The van der Waals surface area contributed by atoms with Gasteiger partial charge >= 0.3 is 6.03 Å². The minimum atomic E-state index is -0.0755. The van der Waals surface area contributed by atoms with Crippen LogP contribution < -0.4 is 5.32 Å². The Hall–Kier alpha value is -2.04. The predicted molar refractivity (Wildman–Crippen MR) is 103 cm³/mol. The van der Waals surface area contributed by atoms with E-state index in [1.54, 1.807) is 0 Å². The van der Waals surface area contributed by atoms with Crippen LogP contribution in [-0.2, 0) is 6.42 Å². The van der Waals surface area contributed by atoms with E-state index in [2.05, 4.69) is 34.5 Å². The Morgan fingerprint density at radius 2 is 1.80 bits per heavy atom. The number of rotatable bonds is 4. The quantitative estimate of drug-likeness (QED) is 0.896. The molecule has 0 aromatic heterocycles. The zero-order valence-corrected chi connectivity index (χ0v) is 15.3. The van der Waals surface area contributed by atoms with E-state index in [9.17, 15) is 4.79 Å². The van der Waals surface area contributed by atoms with E-state index in [0.29, 0.717) is 10.7 Å². The molecule has 1 heterocycles. The molecule has 2 aromatic rings. The van der Waals surface area contributed by atoms with Gasteiger partial charge in [0.2, 0.25) is 0 Å². The van der Waals surface area contributed by atoms with E-state index < -0.39 is 0 Å². The minimum Gasteiger partial charge on any atom is -0.322 e. The van der Waals surface area contributed by atoms with Crippen molar-refractivity contribution in [3.05, 3.63) is 64.7 Å². The summed E-state index contributed by atoms with van der Waals surface area (Å²) in [5.74, 6) is 0. The van der Waals surface area contributed by atoms with Gasteiger partial charge in [0.15, 0.2) is 0 Å². The fourth-order valence-electron chi connectivity index (χ4n) is 3.02. The Kier molecular flexibility index (Phi) is 5.95. The molecule has 0 unspecified atom stereocenters. The van der Waals surface area contributed by atoms with Gasteiger partial charge in [0, 0.05) is 32.7 Å². The molecule has 1 N–H and O–H groups in total. The first-order valence-corrected chi connectivity index (χ1v) is 9.08. The van der Waals surface area contributed by atoms with Crippen LogP contribution in [0.25, 0.3) is 0 Å². The van der Waals surface area contributed by atoms with Crippen LogP contribution in [0.4, 0.5) is 10.5 Å². The van der Waals surface area contributed by atoms with Crippen molar-refractivity contribution >= 4 is 23.3 Å². The summed E-state index contributed by atoms with van der Waals surface area (Å²) >= 11 is 6.19. The van der Waals surface area contributed by atoms with Gasteiger partial charge < -0.3 is 10.2 Å². The highest BCUT2D eigenvalue weighted by atomic mass is 35.5. The van der Waals surface area contributed by atoms with E-state index in [1.807, 2.05) is 36.1 Å². The average molecular weight is 358 g/mol. The number of amides is 2. The molecule has 1 aliphatic rings. The second kappa shape index (κ2) is 8.37. The van der Waals surface area contributed by atoms with Crippen LogP contribution in [0.3, 0.4) is 0 Å². The minimum absolute atomic E-state index is 0.0755. The molecule has 132 valence electrons. The van der Waals surface area contributed by atoms with Crippen LogP contribution in [0.2, 0.25) is 5.02 Å². The zero-order chi connectivity index (χ0) is 17.6. The highest BCUT2D eigenvalue weighted by molar-refractivity contribution is 6.33. The smallest absolute Gasteiger partial charge is 0.321 e. The number of nitrogens with zero attached hydrogens (tertiary/aromatic N) is 2. The molecule has 2 aromatic carbocycles. The van der Waals surface area contributed by atoms with Gasteiger partial charge in [-0.1, -0.05) is 48.0 Å². The molecule has 1 saturated heterocycles. The predicted octanol–water partition coefficient (Wildman–Crippen LogP) is 4.04. The number of hydrogen-bond acceptors (Lipinski definition) is 2. The maximum absolute atomic E-state index is 12.4. The maximum Gasteiger partial charge on any atom is 0.321 e. The number of urea groups is 1. The Balaban J connectivity index is 1.46. The first-order chi connectivity index (χ1) is 12.1. The van der Waals surface area contributed by atoms with E-state index in [4.69, 9.17) is 11.6 Å². The van der Waals surface area contributed by atoms with Gasteiger partial charge in [-0.3, -0.25) is 4.90 Å². The summed E-state index contributed by atoms with van der Waals surface area (Å²) in [5, 5.41) is 3.49. The Morgan fingerprint density at radius 1 is 1.08 bits per heavy atom. The van der Waals surface area contributed by atoms with E-state index in [0.717, 1.165) is 44.7 Å². The molecule has 4 nitrogen and oxygen atoms in total. The largest absolute Gasteiger partial charge is 0.322 e. The van der Waals surface area contributed by atoms with Crippen molar-refractivity contribution < 1.29 is 4.79 Å². The average Bonchev–Trinajstić information content (AvgIpc) is 2.63. The Bertz CT molecular complexity index is 712. The molecular weight excluding hydrogens is 334 g/mol. The molecule has 0 bridgehead atoms. The number of piperazine rings is 1. The standard InChI is InChI=1S/C20H24ClN3O/c1-16-7-8-19(18(21)15-16)22-20(25)24-13-11-23(12-14-24)10-9-17-5-3-2-4-6-17/h2-8,15H,9-14H2,1H3,(H,22,25). The normalized spacial score (nSPS) is 15.2. The number of halogens is 1. The summed E-state index contributed by atoms with van der Waals surface area (Å²) < 4.78 is 0. The van der Waals surface area contributed by atoms with Crippen molar-refractivity contribution in [1.29, 1.82) is 0 Å². The van der Waals surface area contributed by atoms with Gasteiger partial charge in [-0.2, -0.15) is 0 Å². The molecular formula is C20H24ClN3O. The lowest BCUT2D eigenvalue weighted by Gasteiger charge is -2.34. The second-order valence-electron chi connectivity index (χ2n) is 6.48. The van der Waals surface area contributed by atoms with E-state index in [-0.39, 0.29) is 6.03 Å². The van der Waals surface area contributed by atoms with Gasteiger partial charge in [0.05, 0.1) is 10.7 Å². The number of nitrogens with one attached hydrogen (secondary N) is 1. The third kappa shape index (κ3) is 4.97. The van der Waals surface area contributed by atoms with Gasteiger partial charge in [0.25, 0.3) is 0 Å². The molecule has 25 heavy (non-hydrogen) atoms. The monoisotopic (exact) mass is 357 g/mol. The topological polar surface area (TPSA) is 35.6 Å². The first kappa shape index (κ1) is 17.8. The van der Waals surface area contributed by atoms with Crippen molar-refractivity contribution in [2.45, 2.75) is 13.3 Å². The summed E-state index contributed by atoms with van der Waals surface area (Å²) in [5.41, 5.74) is 3.11. The summed E-state index contributed by atoms with van der Waals surface area (Å²) in [7, 11) is 0. The van der Waals surface area contributed by atoms with Crippen LogP contribution in [0, 0.1) is 6.92 Å². The van der Waals surface area contributed by atoms with Crippen LogP contribution in [0.5, 0.6) is 0 Å². The third-order valence-electron chi connectivity index (χ3n) is 4.59. The van der Waals surface area contributed by atoms with Gasteiger partial charge in [-0.25, -0.2) is 4.79 Å². The van der Waals surface area contributed by atoms with Gasteiger partial charge in [-0.15, -0.1) is 0 Å². The molecule has 3 rings (SSSR count). The highest BCUT2D eigenvalue weighted by Crippen LogP contribution is 2.23. The molecule has 2 amide bonds. The fraction of sp³-hybridized carbons (Fsp3) is 0.350. The summed E-state index contributed by atoms with van der Waals surface area (Å²) in [6.45, 7) is 6.30. The number of aryl methyl sites for hydroxylation is 1. The SMILES string of the molecule is Cc1ccc(NC(=O)N2CCN(CCc3ccccc3)CC2)c(Cl)c1. The first-order valence-electron chi connectivity index (χ1n) is 8.70. The number of anilines is 1. The van der Waals surface area contributed by atoms with E-state index >= 15 is 0 Å². The van der Waals surface area contributed by atoms with E-state index in [1.165, 1.54) is 5.56 Å². The number of benzene rings is 2. The van der Waals surface area contributed by atoms with Crippen LogP contribution in [-0.4, -0.2) is 48.6 Å². The summed E-state index contributed by atoms with van der Waals surface area (Å²) in [4.78, 5) is 16.7. The molecule has 0 radical (unpaired) electrons. The molecule has 0 saturated carbocycles. The number of hydrogen-bond donors (Lipinski definition) is 1. The lowest BCUT2D eigenvalue weighted by atomic mass is 10.1. The van der Waals surface area contributed by atoms with Crippen molar-refractivity contribution in [2.75, 3.05) is 38.0 Å². The second-order valence-corrected chi connectivity index (χ2v) is 6.88. The van der Waals surface area contributed by atoms with Crippen LogP contribution in [0.15, 0.2) is 48.5 Å². The molecule has 1 fully saturated rings. The molecule has 0 atom stereocenters. The highest BCUT2D eigenvalue weighted by Gasteiger charge is 2.21. The van der Waals surface area contributed by atoms with Crippen LogP contribution in [0.1, 0.15) is 11.1 Å². The Labute approximate surface area is 154 Å². The molecule has 0 spiro atoms. The van der Waals surface area contributed by atoms with Crippen molar-refractivity contribution in [3.63, 3.8) is 0 Å². The third-order valence-corrected chi connectivity index (χ3v) is 4.90. The summed E-state index contributed by atoms with van der Waals surface area (Å²) in [6, 6.07) is 16.1. The lowest BCUT2D eigenvalue weighted by molar-refractivity contribution is 0.148. The number of carbonyl (C=O) groups is 1. The van der Waals surface area contributed by atoms with Gasteiger partial charge in [0.1, 0.15) is 0 Å². The molecule has 5 heteroatoms. The molecule has 0 aliphatic carbocycles. The van der Waals surface area contributed by atoms with Gasteiger partial charge in [-0.05, 0) is 36.6 Å². The van der Waals surface area contributed by atoms with Crippen molar-refractivity contribution in [2.24, 2.45) is 0 Å². The van der Waals surface area contributed by atoms with Crippen LogP contribution >= 0.6 is 11.6 Å². The van der Waals surface area contributed by atoms with Crippen molar-refractivity contribution in [3.8, 4) is 0 Å². The van der Waals surface area contributed by atoms with Crippen molar-refractivity contribution in [1.82, 2.24) is 9.80 Å². The maximum atomic E-state index is 12.4. The molecule has 1 aliphatic heterocycles. The fourth-order valence-corrected chi connectivity index (χ4v) is 3.30. The zero-order valence-electron chi connectivity index (χ0n) is 14.5. The number of carbonyl (C=O) groups excluding carboxylic acids is 1. The lowest BCUT2D eigenvalue weighted by Crippen LogP contribution is -2.50. The summed E-state index contributed by atoms with van der Waals surface area (Å²) in [6.07, 6.45) is 1.05. The Morgan fingerprint density at radius 3 is 2.48 bits per heavy atom.